The van der Waals surface area contributed by atoms with E-state index in [-0.39, 0.29) is 11.8 Å². The number of hydrogen-bond acceptors (Lipinski definition) is 8. The monoisotopic (exact) mass is 424 g/mol. The molecule has 156 valence electrons. The molecule has 30 heavy (non-hydrogen) atoms. The molecule has 1 aliphatic rings. The first-order valence-corrected chi connectivity index (χ1v) is 11.1. The van der Waals surface area contributed by atoms with Gasteiger partial charge >= 0.3 is 0 Å². The molecule has 9 heteroatoms. The predicted octanol–water partition coefficient (Wildman–Crippen LogP) is 3.33. The van der Waals surface area contributed by atoms with Crippen molar-refractivity contribution in [1.82, 2.24) is 25.0 Å². The highest BCUT2D eigenvalue weighted by Gasteiger charge is 2.24. The number of rotatable bonds is 5. The van der Waals surface area contributed by atoms with E-state index in [2.05, 4.69) is 25.0 Å². The predicted molar refractivity (Wildman–Crippen MR) is 116 cm³/mol. The van der Waals surface area contributed by atoms with Crippen LogP contribution in [-0.4, -0.2) is 63.4 Å². The van der Waals surface area contributed by atoms with Gasteiger partial charge in [-0.2, -0.15) is 4.98 Å². The van der Waals surface area contributed by atoms with Crippen LogP contribution in [-0.2, 0) is 0 Å². The second-order valence-corrected chi connectivity index (χ2v) is 8.15. The summed E-state index contributed by atoms with van der Waals surface area (Å²) in [5, 5.41) is 4.80. The number of aromatic nitrogens is 4. The fourth-order valence-electron chi connectivity index (χ4n) is 3.32. The van der Waals surface area contributed by atoms with Crippen LogP contribution in [0.5, 0.6) is 0 Å². The maximum atomic E-state index is 12.9. The highest BCUT2D eigenvalue weighted by atomic mass is 32.2. The molecule has 0 N–H and O–H groups in total. The van der Waals surface area contributed by atoms with Crippen LogP contribution in [0.15, 0.2) is 46.2 Å². The lowest BCUT2D eigenvalue weighted by atomic mass is 10.2. The maximum Gasteiger partial charge on any atom is 0.256 e. The van der Waals surface area contributed by atoms with Crippen LogP contribution in [0.2, 0.25) is 0 Å². The number of carbonyl (C=O) groups excluding carboxylic acids is 1. The molecular weight excluding hydrogens is 400 g/mol. The summed E-state index contributed by atoms with van der Waals surface area (Å²) in [5.74, 6) is 2.27. The molecule has 3 aromatic rings. The van der Waals surface area contributed by atoms with Crippen molar-refractivity contribution in [3.63, 3.8) is 0 Å². The SMILES string of the molecule is CSc1ncccc1C(=O)N1CCN(c2ccc(-c3noc(C(C)C)n3)cn2)CC1. The van der Waals surface area contributed by atoms with Gasteiger partial charge in [0.1, 0.15) is 10.8 Å². The van der Waals surface area contributed by atoms with Gasteiger partial charge < -0.3 is 14.3 Å². The van der Waals surface area contributed by atoms with Crippen molar-refractivity contribution in [1.29, 1.82) is 0 Å². The third-order valence-corrected chi connectivity index (χ3v) is 5.74. The van der Waals surface area contributed by atoms with Crippen molar-refractivity contribution in [3.05, 3.63) is 48.1 Å². The molecule has 4 heterocycles. The van der Waals surface area contributed by atoms with E-state index in [0.29, 0.717) is 30.4 Å². The Labute approximate surface area is 179 Å². The minimum atomic E-state index is 0.0356. The molecule has 0 bridgehead atoms. The second-order valence-electron chi connectivity index (χ2n) is 7.36. The Kier molecular flexibility index (Phi) is 5.98. The molecule has 0 atom stereocenters. The number of carbonyl (C=O) groups is 1. The summed E-state index contributed by atoms with van der Waals surface area (Å²) < 4.78 is 5.27. The second kappa shape index (κ2) is 8.83. The van der Waals surface area contributed by atoms with Crippen LogP contribution in [0, 0.1) is 0 Å². The van der Waals surface area contributed by atoms with E-state index in [4.69, 9.17) is 4.52 Å². The lowest BCUT2D eigenvalue weighted by Crippen LogP contribution is -2.49. The van der Waals surface area contributed by atoms with Gasteiger partial charge in [0.2, 0.25) is 11.7 Å². The Hall–Kier alpha value is -2.94. The molecule has 4 rings (SSSR count). The normalized spacial score (nSPS) is 14.4. The largest absolute Gasteiger partial charge is 0.353 e. The molecule has 1 saturated heterocycles. The number of nitrogens with zero attached hydrogens (tertiary/aromatic N) is 6. The summed E-state index contributed by atoms with van der Waals surface area (Å²) in [6.07, 6.45) is 5.42. The Morgan fingerprint density at radius 3 is 2.57 bits per heavy atom. The molecule has 1 amide bonds. The Morgan fingerprint density at radius 2 is 1.93 bits per heavy atom. The van der Waals surface area contributed by atoms with Gasteiger partial charge in [0.25, 0.3) is 5.91 Å². The third-order valence-electron chi connectivity index (χ3n) is 5.03. The van der Waals surface area contributed by atoms with E-state index >= 15 is 0 Å². The van der Waals surface area contributed by atoms with Gasteiger partial charge in [0.15, 0.2) is 0 Å². The highest BCUT2D eigenvalue weighted by molar-refractivity contribution is 7.98. The van der Waals surface area contributed by atoms with Crippen LogP contribution >= 0.6 is 11.8 Å². The molecule has 1 aliphatic heterocycles. The summed E-state index contributed by atoms with van der Waals surface area (Å²) in [6, 6.07) is 7.57. The van der Waals surface area contributed by atoms with Crippen molar-refractivity contribution >= 4 is 23.5 Å². The number of amides is 1. The fourth-order valence-corrected chi connectivity index (χ4v) is 3.86. The number of hydrogen-bond donors (Lipinski definition) is 0. The molecule has 0 unspecified atom stereocenters. The highest BCUT2D eigenvalue weighted by Crippen LogP contribution is 2.23. The lowest BCUT2D eigenvalue weighted by molar-refractivity contribution is 0.0742. The van der Waals surface area contributed by atoms with Crippen LogP contribution in [0.4, 0.5) is 5.82 Å². The Morgan fingerprint density at radius 1 is 1.13 bits per heavy atom. The van der Waals surface area contributed by atoms with E-state index in [1.165, 1.54) is 11.8 Å². The Bertz CT molecular complexity index is 1010. The zero-order valence-electron chi connectivity index (χ0n) is 17.3. The van der Waals surface area contributed by atoms with Gasteiger partial charge in [0.05, 0.1) is 5.56 Å². The van der Waals surface area contributed by atoms with E-state index in [0.717, 1.165) is 29.5 Å². The molecule has 0 aromatic carbocycles. The molecule has 0 aliphatic carbocycles. The van der Waals surface area contributed by atoms with Crippen molar-refractivity contribution in [2.24, 2.45) is 0 Å². The fraction of sp³-hybridized carbons (Fsp3) is 0.381. The summed E-state index contributed by atoms with van der Waals surface area (Å²) in [4.78, 5) is 30.2. The third kappa shape index (κ3) is 4.16. The zero-order valence-corrected chi connectivity index (χ0v) is 18.1. The summed E-state index contributed by atoms with van der Waals surface area (Å²) in [7, 11) is 0. The molecule has 1 fully saturated rings. The van der Waals surface area contributed by atoms with Crippen molar-refractivity contribution in [2.45, 2.75) is 24.8 Å². The minimum absolute atomic E-state index is 0.0356. The van der Waals surface area contributed by atoms with Crippen LogP contribution in [0.1, 0.15) is 36.0 Å². The molecule has 8 nitrogen and oxygen atoms in total. The van der Waals surface area contributed by atoms with Crippen LogP contribution < -0.4 is 4.90 Å². The standard InChI is InChI=1S/C21H24N6O2S/c1-14(2)19-24-18(25-29-19)15-6-7-17(23-13-15)26-9-11-27(12-10-26)21(28)16-5-4-8-22-20(16)30-3/h4-8,13-14H,9-12H2,1-3H3. The summed E-state index contributed by atoms with van der Waals surface area (Å²) in [5.41, 5.74) is 1.49. The average molecular weight is 425 g/mol. The molecule has 3 aromatic heterocycles. The molecule has 0 radical (unpaired) electrons. The first kappa shape index (κ1) is 20.3. The van der Waals surface area contributed by atoms with Gasteiger partial charge in [-0.15, -0.1) is 11.8 Å². The smallest absolute Gasteiger partial charge is 0.256 e. The van der Waals surface area contributed by atoms with Crippen molar-refractivity contribution < 1.29 is 9.32 Å². The zero-order chi connectivity index (χ0) is 21.1. The molecule has 0 saturated carbocycles. The van der Waals surface area contributed by atoms with Crippen molar-refractivity contribution in [3.8, 4) is 11.4 Å². The molecular formula is C21H24N6O2S. The van der Waals surface area contributed by atoms with Crippen LogP contribution in [0.3, 0.4) is 0 Å². The maximum absolute atomic E-state index is 12.9. The van der Waals surface area contributed by atoms with Gasteiger partial charge in [-0.3, -0.25) is 4.79 Å². The first-order valence-electron chi connectivity index (χ1n) is 9.90. The van der Waals surface area contributed by atoms with E-state index < -0.39 is 0 Å². The van der Waals surface area contributed by atoms with E-state index in [1.807, 2.05) is 49.3 Å². The Balaban J connectivity index is 1.39. The topological polar surface area (TPSA) is 88.3 Å². The molecule has 0 spiro atoms. The quantitative estimate of drug-likeness (QED) is 0.576. The summed E-state index contributed by atoms with van der Waals surface area (Å²) in [6.45, 7) is 6.78. The van der Waals surface area contributed by atoms with Gasteiger partial charge in [-0.25, -0.2) is 9.97 Å². The minimum Gasteiger partial charge on any atom is -0.353 e. The van der Waals surface area contributed by atoms with Crippen molar-refractivity contribution in [2.75, 3.05) is 37.3 Å². The van der Waals surface area contributed by atoms with Gasteiger partial charge in [-0.05, 0) is 30.5 Å². The number of anilines is 1. The number of pyridine rings is 2. The van der Waals surface area contributed by atoms with Crippen LogP contribution in [0.25, 0.3) is 11.4 Å². The van der Waals surface area contributed by atoms with E-state index in [9.17, 15) is 4.79 Å². The first-order chi connectivity index (χ1) is 14.6. The van der Waals surface area contributed by atoms with Gasteiger partial charge in [-0.1, -0.05) is 19.0 Å². The number of piperazine rings is 1. The number of thioether (sulfide) groups is 1. The van der Waals surface area contributed by atoms with Gasteiger partial charge in [0, 0.05) is 50.1 Å². The summed E-state index contributed by atoms with van der Waals surface area (Å²) >= 11 is 1.49. The lowest BCUT2D eigenvalue weighted by Gasteiger charge is -2.35. The van der Waals surface area contributed by atoms with E-state index in [1.54, 1.807) is 12.4 Å². The average Bonchev–Trinajstić information content (AvgIpc) is 3.30.